The number of ketones is 2. The van der Waals surface area contributed by atoms with E-state index in [1.165, 1.54) is 0 Å². The van der Waals surface area contributed by atoms with Gasteiger partial charge in [-0.05, 0) is 12.8 Å². The van der Waals surface area contributed by atoms with Gasteiger partial charge in [-0.1, -0.05) is 0 Å². The highest BCUT2D eigenvalue weighted by Gasteiger charge is 2.46. The zero-order valence-electron chi connectivity index (χ0n) is 6.41. The zero-order chi connectivity index (χ0) is 8.72. The molecule has 1 heterocycles. The molecule has 1 saturated heterocycles. The van der Waals surface area contributed by atoms with E-state index in [0.29, 0.717) is 0 Å². The summed E-state index contributed by atoms with van der Waals surface area (Å²) >= 11 is 0. The number of esters is 1. The van der Waals surface area contributed by atoms with Gasteiger partial charge < -0.3 is 4.74 Å². The highest BCUT2D eigenvalue weighted by Crippen LogP contribution is 2.34. The van der Waals surface area contributed by atoms with E-state index in [-0.39, 0.29) is 24.1 Å². The van der Waals surface area contributed by atoms with Crippen molar-refractivity contribution in [2.45, 2.75) is 12.8 Å². The molecule has 0 aromatic heterocycles. The van der Waals surface area contributed by atoms with Crippen molar-refractivity contribution >= 4 is 17.5 Å². The van der Waals surface area contributed by atoms with Crippen molar-refractivity contribution in [1.29, 1.82) is 0 Å². The summed E-state index contributed by atoms with van der Waals surface area (Å²) in [5.74, 6) is -2.40. The number of cyclic esters (lactones) is 1. The molecular formula is C8H8O4. The van der Waals surface area contributed by atoms with Crippen LogP contribution in [0.15, 0.2) is 0 Å². The molecule has 1 saturated carbocycles. The predicted octanol–water partition coefficient (Wildman–Crippen LogP) is -0.292. The fourth-order valence-electron chi connectivity index (χ4n) is 1.32. The smallest absolute Gasteiger partial charge is 0.324 e. The maximum absolute atomic E-state index is 11.3. The van der Waals surface area contributed by atoms with Crippen molar-refractivity contribution < 1.29 is 19.1 Å². The molecule has 0 radical (unpaired) electrons. The molecule has 1 aliphatic heterocycles. The van der Waals surface area contributed by atoms with Crippen molar-refractivity contribution in [1.82, 2.24) is 0 Å². The van der Waals surface area contributed by atoms with E-state index in [9.17, 15) is 14.4 Å². The van der Waals surface area contributed by atoms with Gasteiger partial charge in [0.15, 0.2) is 24.1 Å². The maximum atomic E-state index is 11.3. The van der Waals surface area contributed by atoms with Gasteiger partial charge in [-0.2, -0.15) is 0 Å². The molecule has 0 bridgehead atoms. The molecule has 1 atom stereocenters. The Morgan fingerprint density at radius 2 is 2.00 bits per heavy atom. The van der Waals surface area contributed by atoms with E-state index >= 15 is 0 Å². The Hall–Kier alpha value is -1.19. The van der Waals surface area contributed by atoms with E-state index in [1.807, 2.05) is 0 Å². The second kappa shape index (κ2) is 2.40. The molecule has 2 rings (SSSR count). The van der Waals surface area contributed by atoms with Crippen LogP contribution in [0, 0.1) is 11.8 Å². The van der Waals surface area contributed by atoms with Gasteiger partial charge >= 0.3 is 5.97 Å². The minimum Gasteiger partial charge on any atom is -0.457 e. The van der Waals surface area contributed by atoms with Crippen LogP contribution < -0.4 is 0 Å². The van der Waals surface area contributed by atoms with Crippen LogP contribution in [0.5, 0.6) is 0 Å². The van der Waals surface area contributed by atoms with Crippen LogP contribution in [0.25, 0.3) is 0 Å². The van der Waals surface area contributed by atoms with Gasteiger partial charge in [0.2, 0.25) is 0 Å². The topological polar surface area (TPSA) is 60.4 Å². The van der Waals surface area contributed by atoms with Crippen LogP contribution in [0.3, 0.4) is 0 Å². The minimum absolute atomic E-state index is 0.0513. The summed E-state index contributed by atoms with van der Waals surface area (Å²) in [6.45, 7) is -0.220. The number of carbonyl (C=O) groups is 3. The average Bonchev–Trinajstić information content (AvgIpc) is 2.79. The first kappa shape index (κ1) is 7.46. The Bertz CT molecular complexity index is 248. The van der Waals surface area contributed by atoms with Crippen molar-refractivity contribution in [3.05, 3.63) is 0 Å². The monoisotopic (exact) mass is 168 g/mol. The van der Waals surface area contributed by atoms with Crippen LogP contribution in [0.1, 0.15) is 12.8 Å². The molecule has 1 aliphatic carbocycles. The second-order valence-corrected chi connectivity index (χ2v) is 3.18. The highest BCUT2D eigenvalue weighted by molar-refractivity contribution is 6.21. The summed E-state index contributed by atoms with van der Waals surface area (Å²) in [5.41, 5.74) is 0. The normalized spacial score (nSPS) is 28.8. The number of Topliss-reactive ketones (excluding diaryl/α,β-unsaturated/α-hetero) is 2. The third kappa shape index (κ3) is 1.03. The Morgan fingerprint density at radius 3 is 2.42 bits per heavy atom. The van der Waals surface area contributed by atoms with Crippen molar-refractivity contribution in [2.75, 3.05) is 6.61 Å². The van der Waals surface area contributed by atoms with Gasteiger partial charge in [-0.25, -0.2) is 0 Å². The van der Waals surface area contributed by atoms with E-state index in [0.717, 1.165) is 12.8 Å². The summed E-state index contributed by atoms with van der Waals surface area (Å²) in [4.78, 5) is 33.2. The Kier molecular flexibility index (Phi) is 1.49. The van der Waals surface area contributed by atoms with Gasteiger partial charge in [0.05, 0.1) is 0 Å². The lowest BCUT2D eigenvalue weighted by Gasteiger charge is -1.99. The third-order valence-electron chi connectivity index (χ3n) is 2.18. The summed E-state index contributed by atoms with van der Waals surface area (Å²) in [6, 6.07) is 0. The molecule has 4 heteroatoms. The largest absolute Gasteiger partial charge is 0.457 e. The summed E-state index contributed by atoms with van der Waals surface area (Å²) in [6.07, 6.45) is 1.63. The molecule has 64 valence electrons. The van der Waals surface area contributed by atoms with E-state index in [2.05, 4.69) is 4.74 Å². The number of hydrogen-bond acceptors (Lipinski definition) is 4. The molecule has 2 aliphatic rings. The van der Waals surface area contributed by atoms with Crippen LogP contribution in [-0.2, 0) is 19.1 Å². The second-order valence-electron chi connectivity index (χ2n) is 3.18. The first-order chi connectivity index (χ1) is 5.70. The number of hydrogen-bond donors (Lipinski definition) is 0. The van der Waals surface area contributed by atoms with Gasteiger partial charge in [-0.3, -0.25) is 14.4 Å². The number of rotatable bonds is 2. The maximum Gasteiger partial charge on any atom is 0.324 e. The first-order valence-corrected chi connectivity index (χ1v) is 3.93. The fraction of sp³-hybridized carbons (Fsp3) is 0.625. The molecule has 12 heavy (non-hydrogen) atoms. The molecule has 0 spiro atoms. The van der Waals surface area contributed by atoms with Crippen molar-refractivity contribution in [2.24, 2.45) is 11.8 Å². The quantitative estimate of drug-likeness (QED) is 0.420. The molecule has 0 aromatic carbocycles. The summed E-state index contributed by atoms with van der Waals surface area (Å²) < 4.78 is 4.47. The number of ether oxygens (including phenoxy) is 1. The fourth-order valence-corrected chi connectivity index (χ4v) is 1.32. The van der Waals surface area contributed by atoms with Gasteiger partial charge in [0.1, 0.15) is 0 Å². The Labute approximate surface area is 68.9 Å². The average molecular weight is 168 g/mol. The molecule has 0 aromatic rings. The lowest BCUT2D eigenvalue weighted by Crippen LogP contribution is -2.26. The van der Waals surface area contributed by atoms with Crippen LogP contribution in [-0.4, -0.2) is 24.1 Å². The first-order valence-electron chi connectivity index (χ1n) is 3.93. The molecule has 1 unspecified atom stereocenters. The Morgan fingerprint density at radius 1 is 1.33 bits per heavy atom. The van der Waals surface area contributed by atoms with E-state index < -0.39 is 11.9 Å². The summed E-state index contributed by atoms with van der Waals surface area (Å²) in [5, 5.41) is 0. The third-order valence-corrected chi connectivity index (χ3v) is 2.18. The predicted molar refractivity (Wildman–Crippen MR) is 37.2 cm³/mol. The number of carbonyl (C=O) groups excluding carboxylic acids is 3. The zero-order valence-corrected chi connectivity index (χ0v) is 6.41. The van der Waals surface area contributed by atoms with Crippen molar-refractivity contribution in [3.8, 4) is 0 Å². The standard InChI is InChI=1S/C8H8O4/c9-5-3-12-8(11)6(5)7(10)4-1-2-4/h4,6H,1-3H2. The SMILES string of the molecule is O=C1COC(=O)C1C(=O)C1CC1. The minimum atomic E-state index is -1.09. The van der Waals surface area contributed by atoms with Crippen LogP contribution >= 0.6 is 0 Å². The van der Waals surface area contributed by atoms with Crippen LogP contribution in [0.4, 0.5) is 0 Å². The molecule has 0 N–H and O–H groups in total. The Balaban J connectivity index is 2.14. The molecule has 4 nitrogen and oxygen atoms in total. The lowest BCUT2D eigenvalue weighted by atomic mass is 9.98. The van der Waals surface area contributed by atoms with Gasteiger partial charge in [0.25, 0.3) is 0 Å². The summed E-state index contributed by atoms with van der Waals surface area (Å²) in [7, 11) is 0. The van der Waals surface area contributed by atoms with Gasteiger partial charge in [0, 0.05) is 5.92 Å². The van der Waals surface area contributed by atoms with E-state index in [4.69, 9.17) is 0 Å². The highest BCUT2D eigenvalue weighted by atomic mass is 16.5. The molecular weight excluding hydrogens is 160 g/mol. The van der Waals surface area contributed by atoms with Gasteiger partial charge in [-0.15, -0.1) is 0 Å². The van der Waals surface area contributed by atoms with Crippen LogP contribution in [0.2, 0.25) is 0 Å². The molecule has 2 fully saturated rings. The van der Waals surface area contributed by atoms with Crippen molar-refractivity contribution in [3.63, 3.8) is 0 Å². The lowest BCUT2D eigenvalue weighted by molar-refractivity contribution is -0.145. The van der Waals surface area contributed by atoms with E-state index in [1.54, 1.807) is 0 Å². The molecule has 0 amide bonds.